The molecule has 0 N–H and O–H groups in total. The molecule has 1 rings (SSSR count). The van der Waals surface area contributed by atoms with Crippen LogP contribution in [-0.4, -0.2) is 6.61 Å². The van der Waals surface area contributed by atoms with Gasteiger partial charge in [-0.3, -0.25) is 0 Å². The second-order valence-corrected chi connectivity index (χ2v) is 3.62. The lowest BCUT2D eigenvalue weighted by Gasteiger charge is -2.10. The van der Waals surface area contributed by atoms with Crippen molar-refractivity contribution in [1.82, 2.24) is 0 Å². The predicted octanol–water partition coefficient (Wildman–Crippen LogP) is 4.01. The second kappa shape index (κ2) is 4.24. The van der Waals surface area contributed by atoms with Crippen molar-refractivity contribution in [3.05, 3.63) is 27.2 Å². The number of ether oxygens (including phenoxy) is 1. The van der Waals surface area contributed by atoms with Crippen LogP contribution >= 0.6 is 27.5 Å². The van der Waals surface area contributed by atoms with Gasteiger partial charge in [-0.2, -0.15) is 8.78 Å². The normalized spacial score (nSPS) is 10.6. The summed E-state index contributed by atoms with van der Waals surface area (Å²) < 4.78 is 28.6. The number of halogens is 4. The predicted molar refractivity (Wildman–Crippen MR) is 50.5 cm³/mol. The first-order valence-corrected chi connectivity index (χ1v) is 4.59. The van der Waals surface area contributed by atoms with Gasteiger partial charge in [0.15, 0.2) is 0 Å². The summed E-state index contributed by atoms with van der Waals surface area (Å²) in [7, 11) is 0. The highest BCUT2D eigenvalue weighted by Gasteiger charge is 2.12. The molecule has 0 radical (unpaired) electrons. The summed E-state index contributed by atoms with van der Waals surface area (Å²) in [6, 6.07) is 3.17. The van der Waals surface area contributed by atoms with Crippen LogP contribution in [-0.2, 0) is 0 Å². The van der Waals surface area contributed by atoms with E-state index in [1.54, 1.807) is 19.1 Å². The third kappa shape index (κ3) is 2.54. The molecule has 1 nitrogen and oxygen atoms in total. The molecular formula is C8H6BrClF2O. The summed E-state index contributed by atoms with van der Waals surface area (Å²) in [6.07, 6.45) is 0. The average molecular weight is 271 g/mol. The molecule has 0 heterocycles. The van der Waals surface area contributed by atoms with Gasteiger partial charge in [0.1, 0.15) is 5.75 Å². The van der Waals surface area contributed by atoms with E-state index in [2.05, 4.69) is 20.7 Å². The van der Waals surface area contributed by atoms with Gasteiger partial charge in [-0.25, -0.2) is 0 Å². The fourth-order valence-electron chi connectivity index (χ4n) is 0.868. The van der Waals surface area contributed by atoms with E-state index in [0.29, 0.717) is 15.1 Å². The molecule has 0 amide bonds. The molecule has 0 spiro atoms. The van der Waals surface area contributed by atoms with Gasteiger partial charge < -0.3 is 4.74 Å². The standard InChI is InChI=1S/C8H6BrClF2O/c1-4-6(10)3-2-5(9)7(4)13-8(11)12/h2-3,8H,1H3. The van der Waals surface area contributed by atoms with Gasteiger partial charge in [0.05, 0.1) is 4.47 Å². The van der Waals surface area contributed by atoms with Crippen molar-refractivity contribution in [2.24, 2.45) is 0 Å². The lowest BCUT2D eigenvalue weighted by molar-refractivity contribution is -0.0507. The molecule has 0 atom stereocenters. The minimum Gasteiger partial charge on any atom is -0.433 e. The molecule has 1 aromatic rings. The molecule has 0 aliphatic carbocycles. The van der Waals surface area contributed by atoms with Gasteiger partial charge in [-0.1, -0.05) is 11.6 Å². The average Bonchev–Trinajstić information content (AvgIpc) is 2.05. The molecule has 0 aliphatic rings. The Morgan fingerprint density at radius 2 is 2.08 bits per heavy atom. The van der Waals surface area contributed by atoms with E-state index in [1.165, 1.54) is 0 Å². The molecule has 0 aliphatic heterocycles. The van der Waals surface area contributed by atoms with E-state index in [0.717, 1.165) is 0 Å². The van der Waals surface area contributed by atoms with Gasteiger partial charge in [0.25, 0.3) is 0 Å². The molecule has 0 unspecified atom stereocenters. The monoisotopic (exact) mass is 270 g/mol. The first-order chi connectivity index (χ1) is 6.02. The van der Waals surface area contributed by atoms with E-state index >= 15 is 0 Å². The van der Waals surface area contributed by atoms with Gasteiger partial charge >= 0.3 is 6.61 Å². The zero-order valence-corrected chi connectivity index (χ0v) is 8.99. The van der Waals surface area contributed by atoms with Crippen LogP contribution in [0.15, 0.2) is 16.6 Å². The highest BCUT2D eigenvalue weighted by Crippen LogP contribution is 2.34. The zero-order chi connectivity index (χ0) is 10.0. The summed E-state index contributed by atoms with van der Waals surface area (Å²) in [5.41, 5.74) is 0.497. The van der Waals surface area contributed by atoms with Crippen molar-refractivity contribution in [2.75, 3.05) is 0 Å². The second-order valence-electron chi connectivity index (χ2n) is 2.36. The molecule has 0 saturated heterocycles. The first kappa shape index (κ1) is 10.7. The molecule has 13 heavy (non-hydrogen) atoms. The molecule has 72 valence electrons. The van der Waals surface area contributed by atoms with E-state index in [1.807, 2.05) is 0 Å². The van der Waals surface area contributed by atoms with E-state index < -0.39 is 6.61 Å². The summed E-state index contributed by atoms with van der Waals surface area (Å²) in [5, 5.41) is 0.402. The molecule has 5 heteroatoms. The number of hydrogen-bond donors (Lipinski definition) is 0. The van der Waals surface area contributed by atoms with Crippen LogP contribution in [0.3, 0.4) is 0 Å². The molecular weight excluding hydrogens is 265 g/mol. The lowest BCUT2D eigenvalue weighted by atomic mass is 10.2. The smallest absolute Gasteiger partial charge is 0.387 e. The molecule has 0 saturated carbocycles. The van der Waals surface area contributed by atoms with Gasteiger partial charge in [-0.15, -0.1) is 0 Å². The van der Waals surface area contributed by atoms with Crippen molar-refractivity contribution in [3.63, 3.8) is 0 Å². The fraction of sp³-hybridized carbons (Fsp3) is 0.250. The van der Waals surface area contributed by atoms with Gasteiger partial charge in [0, 0.05) is 10.6 Å². The van der Waals surface area contributed by atoms with Crippen molar-refractivity contribution < 1.29 is 13.5 Å². The topological polar surface area (TPSA) is 9.23 Å². The highest BCUT2D eigenvalue weighted by atomic mass is 79.9. The molecule has 0 aromatic heterocycles. The Bertz CT molecular complexity index is 317. The Morgan fingerprint density at radius 1 is 1.46 bits per heavy atom. The van der Waals surface area contributed by atoms with Crippen LogP contribution in [0, 0.1) is 6.92 Å². The van der Waals surface area contributed by atoms with E-state index in [-0.39, 0.29) is 5.75 Å². The Balaban J connectivity index is 3.10. The van der Waals surface area contributed by atoms with Crippen LogP contribution in [0.4, 0.5) is 8.78 Å². The van der Waals surface area contributed by atoms with Crippen molar-refractivity contribution >= 4 is 27.5 Å². The van der Waals surface area contributed by atoms with E-state index in [4.69, 9.17) is 11.6 Å². The van der Waals surface area contributed by atoms with Crippen molar-refractivity contribution in [3.8, 4) is 5.75 Å². The number of rotatable bonds is 2. The Morgan fingerprint density at radius 3 is 2.62 bits per heavy atom. The molecule has 0 fully saturated rings. The van der Waals surface area contributed by atoms with E-state index in [9.17, 15) is 8.78 Å². The zero-order valence-electron chi connectivity index (χ0n) is 6.65. The van der Waals surface area contributed by atoms with Crippen LogP contribution in [0.2, 0.25) is 5.02 Å². The van der Waals surface area contributed by atoms with Crippen molar-refractivity contribution in [2.45, 2.75) is 13.5 Å². The van der Waals surface area contributed by atoms with Crippen LogP contribution < -0.4 is 4.74 Å². The third-order valence-corrected chi connectivity index (χ3v) is 2.53. The van der Waals surface area contributed by atoms with Crippen LogP contribution in [0.5, 0.6) is 5.75 Å². The SMILES string of the molecule is Cc1c(Cl)ccc(Br)c1OC(F)F. The largest absolute Gasteiger partial charge is 0.433 e. The highest BCUT2D eigenvalue weighted by molar-refractivity contribution is 9.10. The first-order valence-electron chi connectivity index (χ1n) is 3.41. The van der Waals surface area contributed by atoms with Crippen LogP contribution in [0.25, 0.3) is 0 Å². The van der Waals surface area contributed by atoms with Gasteiger partial charge in [0.2, 0.25) is 0 Å². The maximum atomic E-state index is 11.9. The molecule has 1 aromatic carbocycles. The summed E-state index contributed by atoms with van der Waals surface area (Å²) >= 11 is 8.82. The lowest BCUT2D eigenvalue weighted by Crippen LogP contribution is -2.04. The van der Waals surface area contributed by atoms with Crippen molar-refractivity contribution in [1.29, 1.82) is 0 Å². The fourth-order valence-corrected chi connectivity index (χ4v) is 1.54. The number of hydrogen-bond acceptors (Lipinski definition) is 1. The Labute approximate surface area is 87.8 Å². The number of alkyl halides is 2. The Kier molecular flexibility index (Phi) is 3.50. The quantitative estimate of drug-likeness (QED) is 0.789. The maximum absolute atomic E-state index is 11.9. The summed E-state index contributed by atoms with van der Waals surface area (Å²) in [5.74, 6) is 0.0856. The van der Waals surface area contributed by atoms with Gasteiger partial charge in [-0.05, 0) is 35.0 Å². The third-order valence-electron chi connectivity index (χ3n) is 1.50. The Hall–Kier alpha value is -0.350. The summed E-state index contributed by atoms with van der Waals surface area (Å²) in [4.78, 5) is 0. The summed E-state index contributed by atoms with van der Waals surface area (Å²) in [6.45, 7) is -1.22. The number of benzene rings is 1. The maximum Gasteiger partial charge on any atom is 0.387 e. The minimum atomic E-state index is -2.84. The van der Waals surface area contributed by atoms with Crippen LogP contribution in [0.1, 0.15) is 5.56 Å². The molecule has 0 bridgehead atoms. The minimum absolute atomic E-state index is 0.0856.